The largest absolute Gasteiger partial charge is 0.372 e. The molecule has 1 aliphatic heterocycles. The van der Waals surface area contributed by atoms with E-state index in [1.165, 1.54) is 42.4 Å². The van der Waals surface area contributed by atoms with Crippen molar-refractivity contribution in [3.63, 3.8) is 0 Å². The van der Waals surface area contributed by atoms with Gasteiger partial charge in [0.25, 0.3) is 0 Å². The number of nitrogens with one attached hydrogen (secondary N) is 1. The second kappa shape index (κ2) is 5.64. The third kappa shape index (κ3) is 2.70. The third-order valence-electron chi connectivity index (χ3n) is 4.95. The molecule has 1 heterocycles. The molecule has 1 unspecified atom stereocenters. The summed E-state index contributed by atoms with van der Waals surface area (Å²) in [6.45, 7) is 3.97. The molecule has 0 radical (unpaired) electrons. The van der Waals surface area contributed by atoms with Gasteiger partial charge in [0.2, 0.25) is 0 Å². The topological polar surface area (TPSA) is 21.3 Å². The summed E-state index contributed by atoms with van der Waals surface area (Å²) in [6, 6.07) is 7.43. The van der Waals surface area contributed by atoms with Crippen LogP contribution >= 0.6 is 0 Å². The molecule has 0 bridgehead atoms. The molecule has 1 saturated carbocycles. The standard InChI is InChI=1S/C17H25NO/c1-12-3-5-13(6-4-12)17(18-2)14-7-8-15-10-19-11-16(15)9-14/h7-9,12-13,17-18H,3-6,10-11H2,1-2H3. The molecule has 3 rings (SSSR count). The van der Waals surface area contributed by atoms with Crippen LogP contribution in [-0.4, -0.2) is 7.05 Å². The highest BCUT2D eigenvalue weighted by Crippen LogP contribution is 2.37. The first-order chi connectivity index (χ1) is 9.28. The van der Waals surface area contributed by atoms with Crippen LogP contribution in [0.15, 0.2) is 18.2 Å². The number of ether oxygens (including phenoxy) is 1. The molecule has 1 atom stereocenters. The molecule has 0 spiro atoms. The van der Waals surface area contributed by atoms with Crippen molar-refractivity contribution in [3.05, 3.63) is 34.9 Å². The quantitative estimate of drug-likeness (QED) is 0.891. The smallest absolute Gasteiger partial charge is 0.0725 e. The summed E-state index contributed by atoms with van der Waals surface area (Å²) in [5, 5.41) is 3.55. The molecule has 2 aliphatic rings. The van der Waals surface area contributed by atoms with E-state index >= 15 is 0 Å². The first-order valence-corrected chi connectivity index (χ1v) is 7.64. The van der Waals surface area contributed by atoms with Crippen molar-refractivity contribution in [3.8, 4) is 0 Å². The Bertz CT molecular complexity index is 435. The summed E-state index contributed by atoms with van der Waals surface area (Å²) < 4.78 is 5.52. The maximum Gasteiger partial charge on any atom is 0.0725 e. The van der Waals surface area contributed by atoms with E-state index in [4.69, 9.17) is 4.74 Å². The molecular weight excluding hydrogens is 234 g/mol. The Morgan fingerprint density at radius 1 is 1.11 bits per heavy atom. The summed E-state index contributed by atoms with van der Waals surface area (Å²) in [4.78, 5) is 0. The summed E-state index contributed by atoms with van der Waals surface area (Å²) in [5.74, 6) is 1.71. The van der Waals surface area contributed by atoms with Crippen LogP contribution < -0.4 is 5.32 Å². The molecule has 2 nitrogen and oxygen atoms in total. The van der Waals surface area contributed by atoms with E-state index in [0.29, 0.717) is 6.04 Å². The van der Waals surface area contributed by atoms with Gasteiger partial charge in [-0.1, -0.05) is 38.0 Å². The van der Waals surface area contributed by atoms with E-state index in [0.717, 1.165) is 25.0 Å². The van der Waals surface area contributed by atoms with E-state index < -0.39 is 0 Å². The average molecular weight is 259 g/mol. The summed E-state index contributed by atoms with van der Waals surface area (Å²) in [7, 11) is 2.10. The van der Waals surface area contributed by atoms with Gasteiger partial charge in [-0.25, -0.2) is 0 Å². The van der Waals surface area contributed by atoms with Crippen molar-refractivity contribution >= 4 is 0 Å². The first kappa shape index (κ1) is 13.1. The van der Waals surface area contributed by atoms with Crippen LogP contribution in [0, 0.1) is 11.8 Å². The average Bonchev–Trinajstić information content (AvgIpc) is 2.89. The van der Waals surface area contributed by atoms with Crippen molar-refractivity contribution in [1.82, 2.24) is 5.32 Å². The first-order valence-electron chi connectivity index (χ1n) is 7.64. The van der Waals surface area contributed by atoms with Gasteiger partial charge in [-0.2, -0.15) is 0 Å². The van der Waals surface area contributed by atoms with Crippen molar-refractivity contribution in [2.45, 2.75) is 51.9 Å². The molecule has 1 N–H and O–H groups in total. The summed E-state index contributed by atoms with van der Waals surface area (Å²) in [6.07, 6.45) is 5.49. The number of hydrogen-bond donors (Lipinski definition) is 1. The number of rotatable bonds is 3. The minimum Gasteiger partial charge on any atom is -0.372 e. The Kier molecular flexibility index (Phi) is 3.90. The van der Waals surface area contributed by atoms with Gasteiger partial charge in [-0.3, -0.25) is 0 Å². The van der Waals surface area contributed by atoms with Crippen LogP contribution in [0.25, 0.3) is 0 Å². The maximum absolute atomic E-state index is 5.52. The Hall–Kier alpha value is -0.860. The van der Waals surface area contributed by atoms with E-state index in [-0.39, 0.29) is 0 Å². The highest BCUT2D eigenvalue weighted by atomic mass is 16.5. The van der Waals surface area contributed by atoms with E-state index in [9.17, 15) is 0 Å². The fourth-order valence-corrected chi connectivity index (χ4v) is 3.68. The van der Waals surface area contributed by atoms with Crippen molar-refractivity contribution in [1.29, 1.82) is 0 Å². The summed E-state index contributed by atoms with van der Waals surface area (Å²) in [5.41, 5.74) is 4.21. The second-order valence-electron chi connectivity index (χ2n) is 6.31. The minimum atomic E-state index is 0.512. The van der Waals surface area contributed by atoms with E-state index in [2.05, 4.69) is 37.5 Å². The Labute approximate surface area is 116 Å². The Morgan fingerprint density at radius 2 is 1.84 bits per heavy atom. The van der Waals surface area contributed by atoms with E-state index in [1.54, 1.807) is 0 Å². The second-order valence-corrected chi connectivity index (χ2v) is 6.31. The van der Waals surface area contributed by atoms with E-state index in [1.807, 2.05) is 0 Å². The van der Waals surface area contributed by atoms with Crippen molar-refractivity contribution in [2.75, 3.05) is 7.05 Å². The molecule has 0 aromatic heterocycles. The predicted octanol–water partition coefficient (Wildman–Crippen LogP) is 3.80. The molecule has 1 fully saturated rings. The normalized spacial score (nSPS) is 28.1. The van der Waals surface area contributed by atoms with Crippen LogP contribution in [0.5, 0.6) is 0 Å². The van der Waals surface area contributed by atoms with Crippen LogP contribution in [-0.2, 0) is 18.0 Å². The number of benzene rings is 1. The SMILES string of the molecule is CNC(c1ccc2c(c1)COC2)C1CCC(C)CC1. The zero-order chi connectivity index (χ0) is 13.2. The maximum atomic E-state index is 5.52. The molecule has 0 amide bonds. The number of hydrogen-bond acceptors (Lipinski definition) is 2. The molecule has 1 aromatic carbocycles. The van der Waals surface area contributed by atoms with Gasteiger partial charge in [0, 0.05) is 6.04 Å². The lowest BCUT2D eigenvalue weighted by atomic mass is 9.77. The third-order valence-corrected chi connectivity index (χ3v) is 4.95. The lowest BCUT2D eigenvalue weighted by molar-refractivity contribution is 0.134. The highest BCUT2D eigenvalue weighted by molar-refractivity contribution is 5.35. The molecule has 104 valence electrons. The van der Waals surface area contributed by atoms with Gasteiger partial charge in [0.05, 0.1) is 13.2 Å². The molecule has 0 saturated heterocycles. The minimum absolute atomic E-state index is 0.512. The lowest BCUT2D eigenvalue weighted by Crippen LogP contribution is -2.28. The Balaban J connectivity index is 1.78. The van der Waals surface area contributed by atoms with Crippen LogP contribution in [0.2, 0.25) is 0 Å². The van der Waals surface area contributed by atoms with Crippen LogP contribution in [0.4, 0.5) is 0 Å². The van der Waals surface area contributed by atoms with Crippen molar-refractivity contribution in [2.24, 2.45) is 11.8 Å². The molecule has 1 aromatic rings. The van der Waals surface area contributed by atoms with Crippen LogP contribution in [0.1, 0.15) is 55.3 Å². The zero-order valence-corrected chi connectivity index (χ0v) is 12.1. The van der Waals surface area contributed by atoms with Crippen molar-refractivity contribution < 1.29 is 4.74 Å². The molecule has 2 heteroatoms. The predicted molar refractivity (Wildman–Crippen MR) is 77.9 cm³/mol. The zero-order valence-electron chi connectivity index (χ0n) is 12.1. The summed E-state index contributed by atoms with van der Waals surface area (Å²) >= 11 is 0. The monoisotopic (exact) mass is 259 g/mol. The van der Waals surface area contributed by atoms with Crippen LogP contribution in [0.3, 0.4) is 0 Å². The van der Waals surface area contributed by atoms with Gasteiger partial charge in [0.1, 0.15) is 0 Å². The van der Waals surface area contributed by atoms with Gasteiger partial charge in [-0.15, -0.1) is 0 Å². The van der Waals surface area contributed by atoms with Gasteiger partial charge < -0.3 is 10.1 Å². The highest BCUT2D eigenvalue weighted by Gasteiger charge is 2.27. The van der Waals surface area contributed by atoms with Gasteiger partial charge in [-0.05, 0) is 48.4 Å². The van der Waals surface area contributed by atoms with Gasteiger partial charge >= 0.3 is 0 Å². The Morgan fingerprint density at radius 3 is 2.58 bits per heavy atom. The van der Waals surface area contributed by atoms with Gasteiger partial charge in [0.15, 0.2) is 0 Å². The lowest BCUT2D eigenvalue weighted by Gasteiger charge is -2.33. The fourth-order valence-electron chi connectivity index (χ4n) is 3.68. The fraction of sp³-hybridized carbons (Fsp3) is 0.647. The molecular formula is C17H25NO. The number of fused-ring (bicyclic) bond motifs is 1. The molecule has 19 heavy (non-hydrogen) atoms. The molecule has 1 aliphatic carbocycles.